The molecule has 0 unspecified atom stereocenters. The lowest BCUT2D eigenvalue weighted by Crippen LogP contribution is -2.67. The summed E-state index contributed by atoms with van der Waals surface area (Å²) < 4.78 is 27.3. The molecular weight excluding hydrogens is 653 g/mol. The summed E-state index contributed by atoms with van der Waals surface area (Å²) in [4.78, 5) is 57.6. The number of carbonyl (C=O) groups is 1. The van der Waals surface area contributed by atoms with Crippen LogP contribution in [0.2, 0.25) is 5.04 Å². The summed E-state index contributed by atoms with van der Waals surface area (Å²) in [6.45, 7) is 5.81. The fourth-order valence-corrected chi connectivity index (χ4v) is 11.8. The largest absolute Gasteiger partial charge is 0.405 e. The van der Waals surface area contributed by atoms with Crippen molar-refractivity contribution in [2.45, 2.75) is 49.9 Å². The number of aliphatic hydroxyl groups is 1. The number of hydrogen-bond acceptors (Lipinski definition) is 8. The molecule has 1 aliphatic rings. The third-order valence-electron chi connectivity index (χ3n) is 8.69. The Labute approximate surface area is 276 Å². The number of anilines is 1. The van der Waals surface area contributed by atoms with Crippen LogP contribution in [-0.2, 0) is 13.7 Å². The fourth-order valence-electron chi connectivity index (χ4n) is 6.31. The molecule has 3 aromatic carbocycles. The molecule has 3 atom stereocenters. The highest BCUT2D eigenvalue weighted by molar-refractivity contribution is 7.53. The normalized spacial score (nSPS) is 20.2. The van der Waals surface area contributed by atoms with E-state index in [-0.39, 0.29) is 23.7 Å². The number of imidazole rings is 1. The van der Waals surface area contributed by atoms with Crippen LogP contribution in [0.15, 0.2) is 102 Å². The molecule has 1 fully saturated rings. The number of amides is 1. The number of nitrogens with one attached hydrogen (secondary N) is 2. The molecule has 0 spiro atoms. The Morgan fingerprint density at radius 2 is 1.60 bits per heavy atom. The first-order valence-corrected chi connectivity index (χ1v) is 18.8. The molecule has 3 heterocycles. The van der Waals surface area contributed by atoms with E-state index in [1.807, 2.05) is 60.7 Å². The van der Waals surface area contributed by atoms with Crippen molar-refractivity contribution in [3.63, 3.8) is 0 Å². The summed E-state index contributed by atoms with van der Waals surface area (Å²) in [5, 5.41) is 13.0. The van der Waals surface area contributed by atoms with Crippen LogP contribution in [0.25, 0.3) is 11.2 Å². The van der Waals surface area contributed by atoms with Crippen LogP contribution in [0.4, 0.5) is 5.95 Å². The third-order valence-corrected chi connectivity index (χ3v) is 15.2. The summed E-state index contributed by atoms with van der Waals surface area (Å²) in [7, 11) is -8.42. The highest BCUT2D eigenvalue weighted by Crippen LogP contribution is 2.59. The van der Waals surface area contributed by atoms with Gasteiger partial charge in [-0.1, -0.05) is 99.6 Å². The van der Waals surface area contributed by atoms with E-state index >= 15 is 0 Å². The molecular formula is C33H36N5O8PSi. The maximum Gasteiger partial charge on any atom is 0.359 e. The SMILES string of the molecule is CC(C)(C)[Si](OC[C@H]1O[C@@H](n2cnc3c(=O)[nH]c(NC(=O)c4ccccc4)nc32)C[C@]1(O)P(=O)(O)O)(c1ccccc1)c1ccccc1. The van der Waals surface area contributed by atoms with Gasteiger partial charge in [0.25, 0.3) is 19.8 Å². The highest BCUT2D eigenvalue weighted by Gasteiger charge is 2.61. The van der Waals surface area contributed by atoms with Crippen LogP contribution >= 0.6 is 7.60 Å². The second-order valence-corrected chi connectivity index (χ2v) is 18.9. The van der Waals surface area contributed by atoms with E-state index in [9.17, 15) is 29.0 Å². The molecule has 6 rings (SSSR count). The topological polar surface area (TPSA) is 189 Å². The van der Waals surface area contributed by atoms with Gasteiger partial charge in [-0.05, 0) is 27.5 Å². The number of benzene rings is 3. The molecule has 250 valence electrons. The van der Waals surface area contributed by atoms with Crippen LogP contribution < -0.4 is 21.2 Å². The zero-order chi connectivity index (χ0) is 34.3. The van der Waals surface area contributed by atoms with Crippen LogP contribution in [0.3, 0.4) is 0 Å². The van der Waals surface area contributed by atoms with Gasteiger partial charge in [0.2, 0.25) is 5.95 Å². The van der Waals surface area contributed by atoms with E-state index in [1.165, 1.54) is 10.9 Å². The Kier molecular flexibility index (Phi) is 8.85. The zero-order valence-electron chi connectivity index (χ0n) is 26.5. The molecule has 13 nitrogen and oxygen atoms in total. The van der Waals surface area contributed by atoms with E-state index in [4.69, 9.17) is 9.16 Å². The Hall–Kier alpha value is -4.27. The van der Waals surface area contributed by atoms with Gasteiger partial charge in [-0.15, -0.1) is 0 Å². The van der Waals surface area contributed by atoms with Gasteiger partial charge in [0.15, 0.2) is 16.5 Å². The number of fused-ring (bicyclic) bond motifs is 1. The van der Waals surface area contributed by atoms with Crippen molar-refractivity contribution >= 4 is 49.3 Å². The average Bonchev–Trinajstić information content (AvgIpc) is 3.64. The van der Waals surface area contributed by atoms with E-state index < -0.39 is 56.5 Å². The maximum absolute atomic E-state index is 12.9. The lowest BCUT2D eigenvalue weighted by atomic mass is 10.2. The molecule has 0 aliphatic carbocycles. The number of aromatic amines is 1. The molecule has 2 aromatic heterocycles. The summed E-state index contributed by atoms with van der Waals surface area (Å²) in [5.74, 6) is -0.685. The standard InChI is InChI=1S/C33H36N5O8PSi/c1-32(2,3)48(23-15-9-5-10-16-23,24-17-11-6-12-18-24)45-20-25-33(41,47(42,43)44)19-26(46-25)38-21-34-27-28(38)35-31(37-30(27)40)36-29(39)22-13-7-4-8-14-22/h4-18,21,25-26,41H,19-20H2,1-3H3,(H2,42,43,44)(H2,35,36,37,39,40)/t25-,26-,33+/m1/s1. The van der Waals surface area contributed by atoms with Gasteiger partial charge in [-0.2, -0.15) is 4.98 Å². The van der Waals surface area contributed by atoms with Crippen LogP contribution in [0.5, 0.6) is 0 Å². The molecule has 5 aromatic rings. The number of ether oxygens (including phenoxy) is 1. The van der Waals surface area contributed by atoms with Gasteiger partial charge in [0, 0.05) is 12.0 Å². The Morgan fingerprint density at radius 3 is 2.15 bits per heavy atom. The zero-order valence-corrected chi connectivity index (χ0v) is 28.4. The van der Waals surface area contributed by atoms with Gasteiger partial charge < -0.3 is 24.1 Å². The summed E-state index contributed by atoms with van der Waals surface area (Å²) in [6, 6.07) is 27.7. The van der Waals surface area contributed by atoms with Gasteiger partial charge in [0.1, 0.15) is 12.3 Å². The quantitative estimate of drug-likeness (QED) is 0.114. The molecule has 5 N–H and O–H groups in total. The first-order chi connectivity index (χ1) is 22.7. The first-order valence-electron chi connectivity index (χ1n) is 15.3. The van der Waals surface area contributed by atoms with Gasteiger partial charge in [-0.3, -0.25) is 29.0 Å². The van der Waals surface area contributed by atoms with Gasteiger partial charge in [-0.25, -0.2) is 4.98 Å². The lowest BCUT2D eigenvalue weighted by Gasteiger charge is -2.44. The van der Waals surface area contributed by atoms with Crippen molar-refractivity contribution in [2.75, 3.05) is 11.9 Å². The molecule has 48 heavy (non-hydrogen) atoms. The molecule has 0 radical (unpaired) electrons. The average molecular weight is 690 g/mol. The predicted octanol–water partition coefficient (Wildman–Crippen LogP) is 3.10. The summed E-state index contributed by atoms with van der Waals surface area (Å²) >= 11 is 0. The lowest BCUT2D eigenvalue weighted by molar-refractivity contribution is -0.0562. The molecule has 1 saturated heterocycles. The third kappa shape index (κ3) is 5.96. The van der Waals surface area contributed by atoms with Crippen molar-refractivity contribution in [2.24, 2.45) is 0 Å². The number of rotatable bonds is 9. The van der Waals surface area contributed by atoms with E-state index in [1.54, 1.807) is 30.3 Å². The van der Waals surface area contributed by atoms with E-state index in [2.05, 4.69) is 41.0 Å². The van der Waals surface area contributed by atoms with Gasteiger partial charge in [0.05, 0.1) is 12.9 Å². The van der Waals surface area contributed by atoms with Crippen molar-refractivity contribution in [3.8, 4) is 0 Å². The Bertz CT molecular complexity index is 1990. The predicted molar refractivity (Wildman–Crippen MR) is 182 cm³/mol. The number of hydrogen-bond donors (Lipinski definition) is 5. The first kappa shape index (κ1) is 33.6. The molecule has 1 amide bonds. The van der Waals surface area contributed by atoms with E-state index in [0.717, 1.165) is 10.4 Å². The number of carbonyl (C=O) groups excluding carboxylic acids is 1. The number of H-pyrrole nitrogens is 1. The highest BCUT2D eigenvalue weighted by atomic mass is 31.2. The minimum atomic E-state index is -5.23. The maximum atomic E-state index is 12.9. The summed E-state index contributed by atoms with van der Waals surface area (Å²) in [5.41, 5.74) is -0.433. The minimum Gasteiger partial charge on any atom is -0.405 e. The fraction of sp³-hybridized carbons (Fsp3) is 0.273. The van der Waals surface area contributed by atoms with Crippen molar-refractivity contribution in [1.82, 2.24) is 19.5 Å². The molecule has 0 bridgehead atoms. The van der Waals surface area contributed by atoms with E-state index in [0.29, 0.717) is 5.56 Å². The number of aromatic nitrogens is 4. The second-order valence-electron chi connectivity index (χ2n) is 12.7. The Morgan fingerprint density at radius 1 is 1.04 bits per heavy atom. The smallest absolute Gasteiger partial charge is 0.359 e. The molecule has 15 heteroatoms. The van der Waals surface area contributed by atoms with Crippen LogP contribution in [0.1, 0.15) is 43.8 Å². The van der Waals surface area contributed by atoms with Crippen molar-refractivity contribution < 1.29 is 33.4 Å². The minimum absolute atomic E-state index is 0.0197. The van der Waals surface area contributed by atoms with Crippen molar-refractivity contribution in [1.29, 1.82) is 0 Å². The number of nitrogens with zero attached hydrogens (tertiary/aromatic N) is 3. The van der Waals surface area contributed by atoms with Crippen molar-refractivity contribution in [3.05, 3.63) is 113 Å². The monoisotopic (exact) mass is 689 g/mol. The Balaban J connectivity index is 1.36. The van der Waals surface area contributed by atoms with Crippen LogP contribution in [0, 0.1) is 0 Å². The van der Waals surface area contributed by atoms with Gasteiger partial charge >= 0.3 is 7.60 Å². The summed E-state index contributed by atoms with van der Waals surface area (Å²) in [6.07, 6.45) is -2.00. The second kappa shape index (κ2) is 12.6. The molecule has 1 aliphatic heterocycles. The van der Waals surface area contributed by atoms with Crippen LogP contribution in [-0.4, -0.2) is 66.7 Å². The molecule has 0 saturated carbocycles.